The number of hydrogen-bond donors (Lipinski definition) is 1. The average Bonchev–Trinajstić information content (AvgIpc) is 2.60. The molecule has 0 bridgehead atoms. The van der Waals surface area contributed by atoms with Gasteiger partial charge in [-0.25, -0.2) is 0 Å². The van der Waals surface area contributed by atoms with E-state index in [1.54, 1.807) is 38.4 Å². The van der Waals surface area contributed by atoms with Crippen LogP contribution in [-0.4, -0.2) is 37.4 Å². The fourth-order valence-corrected chi connectivity index (χ4v) is 2.40. The molecule has 1 N–H and O–H groups in total. The Morgan fingerprint density at radius 1 is 1.04 bits per heavy atom. The Balaban J connectivity index is 1.73. The monoisotopic (exact) mass is 404 g/mol. The molecular weight excluding hydrogens is 384 g/mol. The maximum Gasteiger partial charge on any atom is 0.253 e. The molecule has 2 aromatic rings. The Morgan fingerprint density at radius 3 is 2.28 bits per heavy atom. The molecule has 0 radical (unpaired) electrons. The number of carbonyl (C=O) groups is 2. The number of nitrogens with one attached hydrogen (secondary N) is 1. The second-order valence-electron chi connectivity index (χ2n) is 5.73. The van der Waals surface area contributed by atoms with Gasteiger partial charge in [-0.1, -0.05) is 15.9 Å². The van der Waals surface area contributed by atoms with E-state index in [1.165, 1.54) is 4.90 Å². The quantitative estimate of drug-likeness (QED) is 0.710. The summed E-state index contributed by atoms with van der Waals surface area (Å²) in [4.78, 5) is 25.3. The molecule has 2 rings (SSSR count). The van der Waals surface area contributed by atoms with Crippen molar-refractivity contribution in [2.75, 3.05) is 26.0 Å². The SMILES string of the molecule is CN(C)C(=O)c1ccc(NC(=O)CCCOc2ccc(Br)cc2)cc1. The highest BCUT2D eigenvalue weighted by Crippen LogP contribution is 2.16. The van der Waals surface area contributed by atoms with E-state index in [9.17, 15) is 9.59 Å². The van der Waals surface area contributed by atoms with Gasteiger partial charge in [-0.3, -0.25) is 9.59 Å². The molecule has 0 aliphatic heterocycles. The van der Waals surface area contributed by atoms with Gasteiger partial charge in [0, 0.05) is 36.2 Å². The van der Waals surface area contributed by atoms with Crippen LogP contribution in [0.25, 0.3) is 0 Å². The third-order valence-corrected chi connectivity index (χ3v) is 3.98. The zero-order chi connectivity index (χ0) is 18.2. The zero-order valence-electron chi connectivity index (χ0n) is 14.3. The van der Waals surface area contributed by atoms with Crippen LogP contribution in [0.5, 0.6) is 5.75 Å². The summed E-state index contributed by atoms with van der Waals surface area (Å²) in [6.07, 6.45) is 0.994. The highest BCUT2D eigenvalue weighted by molar-refractivity contribution is 9.10. The van der Waals surface area contributed by atoms with Crippen molar-refractivity contribution in [3.05, 3.63) is 58.6 Å². The normalized spacial score (nSPS) is 10.2. The minimum atomic E-state index is -0.0777. The van der Waals surface area contributed by atoms with Crippen LogP contribution in [0.2, 0.25) is 0 Å². The number of ether oxygens (including phenoxy) is 1. The van der Waals surface area contributed by atoms with Crippen molar-refractivity contribution < 1.29 is 14.3 Å². The molecule has 132 valence electrons. The second-order valence-corrected chi connectivity index (χ2v) is 6.65. The molecule has 0 atom stereocenters. The Morgan fingerprint density at radius 2 is 1.68 bits per heavy atom. The Kier molecular flexibility index (Phi) is 7.01. The van der Waals surface area contributed by atoms with Crippen molar-refractivity contribution in [2.45, 2.75) is 12.8 Å². The van der Waals surface area contributed by atoms with Gasteiger partial charge in [0.25, 0.3) is 5.91 Å². The average molecular weight is 405 g/mol. The van der Waals surface area contributed by atoms with Crippen molar-refractivity contribution in [3.63, 3.8) is 0 Å². The van der Waals surface area contributed by atoms with E-state index in [4.69, 9.17) is 4.74 Å². The van der Waals surface area contributed by atoms with Crippen LogP contribution in [0.3, 0.4) is 0 Å². The molecule has 0 aliphatic rings. The van der Waals surface area contributed by atoms with Crippen molar-refractivity contribution in [3.8, 4) is 5.75 Å². The number of rotatable bonds is 7. The second kappa shape index (κ2) is 9.22. The smallest absolute Gasteiger partial charge is 0.253 e. The highest BCUT2D eigenvalue weighted by atomic mass is 79.9. The van der Waals surface area contributed by atoms with Crippen molar-refractivity contribution in [2.24, 2.45) is 0 Å². The van der Waals surface area contributed by atoms with E-state index < -0.39 is 0 Å². The number of nitrogens with zero attached hydrogens (tertiary/aromatic N) is 1. The standard InChI is InChI=1S/C19H21BrN2O3/c1-22(2)19(24)14-5-9-16(10-6-14)21-18(23)4-3-13-25-17-11-7-15(20)8-12-17/h5-12H,3-4,13H2,1-2H3,(H,21,23). The Hall–Kier alpha value is -2.34. The van der Waals surface area contributed by atoms with Crippen molar-refractivity contribution in [1.29, 1.82) is 0 Å². The molecule has 0 aliphatic carbocycles. The Bertz CT molecular complexity index is 712. The number of carbonyl (C=O) groups excluding carboxylic acids is 2. The Labute approximate surface area is 156 Å². The van der Waals surface area contributed by atoms with Gasteiger partial charge in [0.1, 0.15) is 5.75 Å². The van der Waals surface area contributed by atoms with Gasteiger partial charge in [0.05, 0.1) is 6.61 Å². The summed E-state index contributed by atoms with van der Waals surface area (Å²) >= 11 is 3.37. The van der Waals surface area contributed by atoms with Gasteiger partial charge in [0.2, 0.25) is 5.91 Å². The van der Waals surface area contributed by atoms with Gasteiger partial charge < -0.3 is 15.0 Å². The lowest BCUT2D eigenvalue weighted by molar-refractivity contribution is -0.116. The molecule has 0 spiro atoms. The minimum Gasteiger partial charge on any atom is -0.494 e. The number of anilines is 1. The molecule has 0 unspecified atom stereocenters. The lowest BCUT2D eigenvalue weighted by atomic mass is 10.2. The molecule has 5 nitrogen and oxygen atoms in total. The van der Waals surface area contributed by atoms with Crippen LogP contribution < -0.4 is 10.1 Å². The number of hydrogen-bond acceptors (Lipinski definition) is 3. The summed E-state index contributed by atoms with van der Waals surface area (Å²) in [6.45, 7) is 0.478. The summed E-state index contributed by atoms with van der Waals surface area (Å²) in [6, 6.07) is 14.4. The van der Waals surface area contributed by atoms with Gasteiger partial charge in [-0.2, -0.15) is 0 Å². The van der Waals surface area contributed by atoms with Crippen LogP contribution in [0.4, 0.5) is 5.69 Å². The van der Waals surface area contributed by atoms with E-state index in [2.05, 4.69) is 21.2 Å². The fraction of sp³-hybridized carbons (Fsp3) is 0.263. The van der Waals surface area contributed by atoms with Crippen LogP contribution in [0.15, 0.2) is 53.0 Å². The predicted molar refractivity (Wildman–Crippen MR) is 102 cm³/mol. The lowest BCUT2D eigenvalue weighted by Crippen LogP contribution is -2.21. The van der Waals surface area contributed by atoms with E-state index in [0.29, 0.717) is 30.7 Å². The molecule has 0 aromatic heterocycles. The summed E-state index contributed by atoms with van der Waals surface area (Å²) in [7, 11) is 3.41. The molecule has 0 saturated heterocycles. The van der Waals surface area contributed by atoms with Gasteiger partial charge in [0.15, 0.2) is 0 Å². The van der Waals surface area contributed by atoms with Crippen molar-refractivity contribution >= 4 is 33.4 Å². The first kappa shape index (κ1) is 19.0. The largest absolute Gasteiger partial charge is 0.494 e. The molecular formula is C19H21BrN2O3. The first-order valence-electron chi connectivity index (χ1n) is 7.95. The summed E-state index contributed by atoms with van der Waals surface area (Å²) in [5, 5.41) is 2.82. The highest BCUT2D eigenvalue weighted by Gasteiger charge is 2.08. The number of amides is 2. The van der Waals surface area contributed by atoms with Crippen LogP contribution in [0.1, 0.15) is 23.2 Å². The summed E-state index contributed by atoms with van der Waals surface area (Å²) < 4.78 is 6.58. The summed E-state index contributed by atoms with van der Waals surface area (Å²) in [5.41, 5.74) is 1.26. The van der Waals surface area contributed by atoms with Crippen LogP contribution in [-0.2, 0) is 4.79 Å². The van der Waals surface area contributed by atoms with Gasteiger partial charge >= 0.3 is 0 Å². The van der Waals surface area contributed by atoms with E-state index in [0.717, 1.165) is 10.2 Å². The zero-order valence-corrected chi connectivity index (χ0v) is 15.9. The number of halogens is 1. The molecule has 0 heterocycles. The van der Waals surface area contributed by atoms with Gasteiger partial charge in [-0.05, 0) is 55.0 Å². The fourth-order valence-electron chi connectivity index (χ4n) is 2.13. The molecule has 6 heteroatoms. The first-order chi connectivity index (χ1) is 12.0. The molecule has 2 amide bonds. The summed E-state index contributed by atoms with van der Waals surface area (Å²) in [5.74, 6) is 0.638. The minimum absolute atomic E-state index is 0.0667. The third kappa shape index (κ3) is 6.23. The van der Waals surface area contributed by atoms with E-state index in [1.807, 2.05) is 24.3 Å². The molecule has 2 aromatic carbocycles. The van der Waals surface area contributed by atoms with Crippen LogP contribution >= 0.6 is 15.9 Å². The third-order valence-electron chi connectivity index (χ3n) is 3.45. The molecule has 0 fully saturated rings. The van der Waals surface area contributed by atoms with E-state index in [-0.39, 0.29) is 11.8 Å². The predicted octanol–water partition coefficient (Wildman–Crippen LogP) is 3.95. The van der Waals surface area contributed by atoms with Gasteiger partial charge in [-0.15, -0.1) is 0 Å². The maximum absolute atomic E-state index is 11.9. The lowest BCUT2D eigenvalue weighted by Gasteiger charge is -2.11. The van der Waals surface area contributed by atoms with Crippen molar-refractivity contribution in [1.82, 2.24) is 4.90 Å². The first-order valence-corrected chi connectivity index (χ1v) is 8.75. The van der Waals surface area contributed by atoms with E-state index >= 15 is 0 Å². The number of benzene rings is 2. The molecule has 25 heavy (non-hydrogen) atoms. The molecule has 0 saturated carbocycles. The van der Waals surface area contributed by atoms with Crippen LogP contribution in [0, 0.1) is 0 Å². The topological polar surface area (TPSA) is 58.6 Å². The maximum atomic E-state index is 11.9.